The molecule has 28 heavy (non-hydrogen) atoms. The van der Waals surface area contributed by atoms with E-state index in [2.05, 4.69) is 15.5 Å². The molecule has 0 aliphatic rings. The normalized spacial score (nSPS) is 11.2. The number of carbonyl (C=O) groups is 1. The maximum absolute atomic E-state index is 12.4. The van der Waals surface area contributed by atoms with Crippen LogP contribution >= 0.6 is 0 Å². The highest BCUT2D eigenvalue weighted by molar-refractivity contribution is 5.85. The number of aromatic nitrogens is 4. The molecule has 0 aliphatic heterocycles. The molecule has 3 rings (SSSR count). The van der Waals surface area contributed by atoms with E-state index in [0.717, 1.165) is 4.57 Å². The van der Waals surface area contributed by atoms with E-state index in [1.807, 2.05) is 0 Å². The Morgan fingerprint density at radius 1 is 1.36 bits per heavy atom. The first kappa shape index (κ1) is 18.9. The number of nitrogens with one attached hydrogen (secondary N) is 2. The zero-order valence-electron chi connectivity index (χ0n) is 15.4. The summed E-state index contributed by atoms with van der Waals surface area (Å²) in [4.78, 5) is 39.3. The van der Waals surface area contributed by atoms with Gasteiger partial charge in [0, 0.05) is 14.1 Å². The highest BCUT2D eigenvalue weighted by Gasteiger charge is 2.21. The molecule has 2 aromatic heterocycles. The van der Waals surface area contributed by atoms with Crippen LogP contribution in [0.1, 0.15) is 5.56 Å². The number of H-pyrrole nitrogens is 1. The molecule has 146 valence electrons. The van der Waals surface area contributed by atoms with Gasteiger partial charge in [-0.3, -0.25) is 18.7 Å². The number of hydrogen-bond donors (Lipinski definition) is 2. The van der Waals surface area contributed by atoms with Crippen LogP contribution < -0.4 is 31.1 Å². The van der Waals surface area contributed by atoms with Gasteiger partial charge in [0.25, 0.3) is 17.1 Å². The van der Waals surface area contributed by atoms with Crippen molar-refractivity contribution in [2.45, 2.75) is 6.54 Å². The van der Waals surface area contributed by atoms with Gasteiger partial charge in [-0.25, -0.2) is 19.8 Å². The molecule has 0 aliphatic carbocycles. The van der Waals surface area contributed by atoms with Crippen LogP contribution in [0.15, 0.2) is 39.2 Å². The molecule has 0 spiro atoms. The first-order valence-corrected chi connectivity index (χ1v) is 8.17. The van der Waals surface area contributed by atoms with Crippen LogP contribution in [0.2, 0.25) is 0 Å². The minimum atomic E-state index is -0.525. The summed E-state index contributed by atoms with van der Waals surface area (Å²) in [6.07, 6.45) is 2.64. The topological polar surface area (TPSA) is 137 Å². The lowest BCUT2D eigenvalue weighted by Crippen LogP contribution is -2.46. The second-order valence-electron chi connectivity index (χ2n) is 5.98. The van der Waals surface area contributed by atoms with Crippen LogP contribution in [-0.2, 0) is 25.4 Å². The molecule has 0 saturated carbocycles. The summed E-state index contributed by atoms with van der Waals surface area (Å²) < 4.78 is 8.56. The van der Waals surface area contributed by atoms with Crippen molar-refractivity contribution in [3.8, 4) is 11.5 Å². The Morgan fingerprint density at radius 3 is 2.82 bits per heavy atom. The number of hydrogen-bond acceptors (Lipinski definition) is 6. The molecule has 1 aromatic carbocycles. The van der Waals surface area contributed by atoms with E-state index < -0.39 is 17.2 Å². The zero-order valence-corrected chi connectivity index (χ0v) is 15.4. The fourth-order valence-electron chi connectivity index (χ4n) is 2.74. The molecular formula is C17H18N6O5. The predicted molar refractivity (Wildman–Crippen MR) is 97.2 cm³/mol. The molecular weight excluding hydrogens is 368 g/mol. The fraction of sp³-hybridized carbons (Fsp3) is 0.235. The van der Waals surface area contributed by atoms with Gasteiger partial charge in [-0.05, 0) is 11.6 Å². The van der Waals surface area contributed by atoms with Crippen molar-refractivity contribution < 1.29 is 19.2 Å². The van der Waals surface area contributed by atoms with E-state index in [4.69, 9.17) is 4.74 Å². The highest BCUT2D eigenvalue weighted by Crippen LogP contribution is 2.24. The molecule has 0 saturated heterocycles. The SMILES string of the molecule is COc1cccc(/C=N/NC(=O)C[n+]2c[nH]c3c2c(=O)n(C)c(=O)n3C)c1[O-]. The number of fused-ring (bicyclic) bond motifs is 1. The van der Waals surface area contributed by atoms with Crippen LogP contribution in [-0.4, -0.2) is 33.3 Å². The Labute approximate surface area is 158 Å². The molecule has 0 radical (unpaired) electrons. The molecule has 11 heteroatoms. The van der Waals surface area contributed by atoms with Gasteiger partial charge in [-0.2, -0.15) is 5.10 Å². The molecule has 0 bridgehead atoms. The van der Waals surface area contributed by atoms with Crippen molar-refractivity contribution >= 4 is 23.3 Å². The number of aryl methyl sites for hydroxylation is 1. The van der Waals surface area contributed by atoms with Crippen molar-refractivity contribution in [1.82, 2.24) is 19.5 Å². The second-order valence-corrected chi connectivity index (χ2v) is 5.98. The fourth-order valence-corrected chi connectivity index (χ4v) is 2.74. The van der Waals surface area contributed by atoms with Gasteiger partial charge in [0.1, 0.15) is 5.75 Å². The van der Waals surface area contributed by atoms with E-state index in [0.29, 0.717) is 5.65 Å². The predicted octanol–water partition coefficient (Wildman–Crippen LogP) is -1.91. The van der Waals surface area contributed by atoms with Gasteiger partial charge >= 0.3 is 11.2 Å². The molecule has 11 nitrogen and oxygen atoms in total. The molecule has 3 aromatic rings. The molecule has 0 atom stereocenters. The minimum absolute atomic E-state index is 0.172. The first-order chi connectivity index (χ1) is 13.3. The second kappa shape index (κ2) is 7.39. The van der Waals surface area contributed by atoms with Gasteiger partial charge in [0.15, 0.2) is 6.54 Å². The third-order valence-electron chi connectivity index (χ3n) is 4.22. The van der Waals surface area contributed by atoms with E-state index in [1.54, 1.807) is 12.1 Å². The Bertz CT molecular complexity index is 1200. The molecule has 0 unspecified atom stereocenters. The van der Waals surface area contributed by atoms with E-state index in [1.165, 1.54) is 48.9 Å². The number of ether oxygens (including phenoxy) is 1. The van der Waals surface area contributed by atoms with Crippen LogP contribution in [0.3, 0.4) is 0 Å². The number of imidazole rings is 1. The van der Waals surface area contributed by atoms with E-state index in [-0.39, 0.29) is 29.1 Å². The van der Waals surface area contributed by atoms with Crippen molar-refractivity contribution in [3.05, 3.63) is 50.9 Å². The van der Waals surface area contributed by atoms with Crippen LogP contribution in [0, 0.1) is 0 Å². The highest BCUT2D eigenvalue weighted by atomic mass is 16.5. The van der Waals surface area contributed by atoms with Gasteiger partial charge in [0.2, 0.25) is 6.33 Å². The molecule has 1 amide bonds. The van der Waals surface area contributed by atoms with Gasteiger partial charge in [0.05, 0.1) is 13.3 Å². The van der Waals surface area contributed by atoms with Crippen molar-refractivity contribution in [3.63, 3.8) is 0 Å². The molecule has 2 heterocycles. The maximum atomic E-state index is 12.4. The van der Waals surface area contributed by atoms with Gasteiger partial charge < -0.3 is 9.84 Å². The number of carbonyl (C=O) groups excluding carboxylic acids is 1. The van der Waals surface area contributed by atoms with E-state index in [9.17, 15) is 19.5 Å². The smallest absolute Gasteiger partial charge is 0.333 e. The number of para-hydroxylation sites is 1. The Hall–Kier alpha value is -3.89. The largest absolute Gasteiger partial charge is 0.870 e. The molecule has 2 N–H and O–H groups in total. The van der Waals surface area contributed by atoms with Crippen LogP contribution in [0.25, 0.3) is 11.2 Å². The van der Waals surface area contributed by atoms with Crippen LogP contribution in [0.5, 0.6) is 11.5 Å². The Balaban J connectivity index is 1.80. The lowest BCUT2D eigenvalue weighted by molar-refractivity contribution is -0.659. The Kier molecular flexibility index (Phi) is 4.98. The number of nitrogens with zero attached hydrogens (tertiary/aromatic N) is 4. The summed E-state index contributed by atoms with van der Waals surface area (Å²) in [6.45, 7) is -0.215. The number of rotatable bonds is 5. The summed E-state index contributed by atoms with van der Waals surface area (Å²) in [6, 6.07) is 4.70. The zero-order chi connectivity index (χ0) is 20.4. The van der Waals surface area contributed by atoms with Crippen molar-refractivity contribution in [2.75, 3.05) is 7.11 Å². The number of methoxy groups -OCH3 is 1. The monoisotopic (exact) mass is 386 g/mol. The summed E-state index contributed by atoms with van der Waals surface area (Å²) in [5, 5.41) is 15.8. The quantitative estimate of drug-likeness (QED) is 0.299. The van der Waals surface area contributed by atoms with Gasteiger partial charge in [-0.1, -0.05) is 17.9 Å². The summed E-state index contributed by atoms with van der Waals surface area (Å²) >= 11 is 0. The average molecular weight is 386 g/mol. The number of hydrazone groups is 1. The first-order valence-electron chi connectivity index (χ1n) is 8.17. The average Bonchev–Trinajstić information content (AvgIpc) is 3.09. The van der Waals surface area contributed by atoms with Crippen molar-refractivity contribution in [2.24, 2.45) is 19.2 Å². The standard InChI is InChI=1S/C17H18N6O5/c1-21-15-13(16(26)22(2)17(21)27)23(9-18-15)8-12(24)20-19-7-10-5-4-6-11(28-3)14(10)25/h4-7,9H,8H2,1-3H3,(H2,19,20,24,25). The third kappa shape index (κ3) is 3.24. The van der Waals surface area contributed by atoms with Gasteiger partial charge in [-0.15, -0.1) is 0 Å². The lowest BCUT2D eigenvalue weighted by Gasteiger charge is -2.14. The Morgan fingerprint density at radius 2 is 2.11 bits per heavy atom. The summed E-state index contributed by atoms with van der Waals surface area (Å²) in [5.41, 5.74) is 2.03. The number of amides is 1. The van der Waals surface area contributed by atoms with E-state index >= 15 is 0 Å². The van der Waals surface area contributed by atoms with Crippen molar-refractivity contribution in [1.29, 1.82) is 0 Å². The summed E-state index contributed by atoms with van der Waals surface area (Å²) in [5.74, 6) is -0.696. The molecule has 0 fully saturated rings. The third-order valence-corrected chi connectivity index (χ3v) is 4.22. The lowest BCUT2D eigenvalue weighted by atomic mass is 10.2. The minimum Gasteiger partial charge on any atom is -0.870 e. The number of benzene rings is 1. The summed E-state index contributed by atoms with van der Waals surface area (Å²) in [7, 11) is 4.27. The van der Waals surface area contributed by atoms with Crippen LogP contribution in [0.4, 0.5) is 0 Å². The number of aromatic amines is 1. The maximum Gasteiger partial charge on any atom is 0.333 e.